The van der Waals surface area contributed by atoms with Gasteiger partial charge in [0.25, 0.3) is 0 Å². The Kier molecular flexibility index (Phi) is 3.63. The molecule has 0 spiro atoms. The average molecular weight is 260 g/mol. The van der Waals surface area contributed by atoms with Crippen molar-refractivity contribution in [3.05, 3.63) is 53.6 Å². The zero-order valence-electron chi connectivity index (χ0n) is 10.4. The van der Waals surface area contributed by atoms with Gasteiger partial charge < -0.3 is 4.98 Å². The summed E-state index contributed by atoms with van der Waals surface area (Å²) in [5.74, 6) is 0.572. The van der Waals surface area contributed by atoms with E-state index in [0.717, 1.165) is 22.3 Å². The molecule has 0 aromatic carbocycles. The number of fused-ring (bicyclic) bond motifs is 1. The van der Waals surface area contributed by atoms with Crippen LogP contribution in [0.25, 0.3) is 16.6 Å². The molecule has 2 aromatic heterocycles. The molecule has 0 aliphatic rings. The first-order valence-corrected chi connectivity index (χ1v) is 6.02. The summed E-state index contributed by atoms with van der Waals surface area (Å²) >= 11 is 6.16. The standard InChI is InChI=1S/C14H14ClN3/c1-4-6-7-10(5-2)13-17-12(15)11-8-9(3)16-14(11)18-13/h4-8H,2H2,1,3H3,(H,16,17,18)/b6-4-,10-7+. The molecule has 0 saturated heterocycles. The van der Waals surface area contributed by atoms with Crippen molar-refractivity contribution in [2.45, 2.75) is 13.8 Å². The van der Waals surface area contributed by atoms with Crippen molar-refractivity contribution >= 4 is 28.2 Å². The molecule has 2 aromatic rings. The molecular formula is C14H14ClN3. The largest absolute Gasteiger partial charge is 0.343 e. The minimum Gasteiger partial charge on any atom is -0.343 e. The summed E-state index contributed by atoms with van der Waals surface area (Å²) in [6.45, 7) is 7.68. The summed E-state index contributed by atoms with van der Waals surface area (Å²) in [6, 6.07) is 1.94. The van der Waals surface area contributed by atoms with E-state index in [9.17, 15) is 0 Å². The molecule has 0 aliphatic heterocycles. The number of rotatable bonds is 3. The molecule has 2 rings (SSSR count). The van der Waals surface area contributed by atoms with Crippen LogP contribution in [-0.2, 0) is 0 Å². The number of hydrogen-bond donors (Lipinski definition) is 1. The first-order chi connectivity index (χ1) is 8.65. The third-order valence-electron chi connectivity index (χ3n) is 2.52. The summed E-state index contributed by atoms with van der Waals surface area (Å²) in [4.78, 5) is 11.9. The lowest BCUT2D eigenvalue weighted by molar-refractivity contribution is 1.14. The molecule has 0 radical (unpaired) electrons. The molecule has 2 heterocycles. The lowest BCUT2D eigenvalue weighted by atomic mass is 10.2. The minimum absolute atomic E-state index is 0.451. The van der Waals surface area contributed by atoms with E-state index >= 15 is 0 Å². The van der Waals surface area contributed by atoms with E-state index in [4.69, 9.17) is 11.6 Å². The van der Waals surface area contributed by atoms with Crippen molar-refractivity contribution in [2.24, 2.45) is 0 Å². The Morgan fingerprint density at radius 1 is 1.44 bits per heavy atom. The number of aromatic nitrogens is 3. The third-order valence-corrected chi connectivity index (χ3v) is 2.81. The number of halogens is 1. The number of aryl methyl sites for hydroxylation is 1. The van der Waals surface area contributed by atoms with Crippen LogP contribution >= 0.6 is 11.6 Å². The summed E-state index contributed by atoms with van der Waals surface area (Å²) in [5.41, 5.74) is 2.59. The zero-order chi connectivity index (χ0) is 13.1. The second-order valence-corrected chi connectivity index (χ2v) is 4.26. The van der Waals surface area contributed by atoms with Gasteiger partial charge in [0, 0.05) is 11.3 Å². The second-order valence-electron chi connectivity index (χ2n) is 3.90. The predicted octanol–water partition coefficient (Wildman–Crippen LogP) is 4.07. The Bertz CT molecular complexity index is 650. The van der Waals surface area contributed by atoms with Gasteiger partial charge in [0.2, 0.25) is 0 Å². The van der Waals surface area contributed by atoms with Crippen molar-refractivity contribution in [1.29, 1.82) is 0 Å². The molecule has 92 valence electrons. The Balaban J connectivity index is 2.61. The first-order valence-electron chi connectivity index (χ1n) is 5.64. The quantitative estimate of drug-likeness (QED) is 0.667. The van der Waals surface area contributed by atoms with Crippen molar-refractivity contribution in [2.75, 3.05) is 0 Å². The summed E-state index contributed by atoms with van der Waals surface area (Å²) in [7, 11) is 0. The second kappa shape index (κ2) is 5.19. The summed E-state index contributed by atoms with van der Waals surface area (Å²) < 4.78 is 0. The van der Waals surface area contributed by atoms with E-state index in [2.05, 4.69) is 21.5 Å². The van der Waals surface area contributed by atoms with Crippen LogP contribution in [0.15, 0.2) is 36.9 Å². The van der Waals surface area contributed by atoms with Crippen molar-refractivity contribution < 1.29 is 0 Å². The fourth-order valence-electron chi connectivity index (χ4n) is 1.67. The van der Waals surface area contributed by atoms with E-state index in [1.54, 1.807) is 6.08 Å². The van der Waals surface area contributed by atoms with Gasteiger partial charge in [0.05, 0.1) is 5.39 Å². The minimum atomic E-state index is 0.451. The number of H-pyrrole nitrogens is 1. The molecule has 0 fully saturated rings. The Morgan fingerprint density at radius 3 is 2.89 bits per heavy atom. The van der Waals surface area contributed by atoms with E-state index in [1.165, 1.54) is 0 Å². The Morgan fingerprint density at radius 2 is 2.22 bits per heavy atom. The van der Waals surface area contributed by atoms with Gasteiger partial charge in [0.1, 0.15) is 10.8 Å². The lowest BCUT2D eigenvalue weighted by Gasteiger charge is -2.01. The predicted molar refractivity (Wildman–Crippen MR) is 76.6 cm³/mol. The van der Waals surface area contributed by atoms with Crippen LogP contribution in [0.5, 0.6) is 0 Å². The van der Waals surface area contributed by atoms with Crippen molar-refractivity contribution in [3.8, 4) is 0 Å². The van der Waals surface area contributed by atoms with Crippen LogP contribution in [0.2, 0.25) is 5.15 Å². The zero-order valence-corrected chi connectivity index (χ0v) is 11.1. The van der Waals surface area contributed by atoms with Crippen molar-refractivity contribution in [1.82, 2.24) is 15.0 Å². The van der Waals surface area contributed by atoms with Gasteiger partial charge in [-0.15, -0.1) is 0 Å². The summed E-state index contributed by atoms with van der Waals surface area (Å²) in [5, 5.41) is 1.29. The normalized spacial score (nSPS) is 12.5. The molecule has 0 saturated carbocycles. The highest BCUT2D eigenvalue weighted by molar-refractivity contribution is 6.34. The Hall–Kier alpha value is -1.87. The van der Waals surface area contributed by atoms with Gasteiger partial charge in [-0.1, -0.05) is 42.5 Å². The maximum absolute atomic E-state index is 6.16. The van der Waals surface area contributed by atoms with Crippen LogP contribution in [0.3, 0.4) is 0 Å². The SMILES string of the molecule is C=C/C(=C\C=C/C)c1nc(Cl)c2cc(C)[nH]c2n1. The van der Waals surface area contributed by atoms with Crippen LogP contribution < -0.4 is 0 Å². The van der Waals surface area contributed by atoms with E-state index in [0.29, 0.717) is 11.0 Å². The number of aromatic amines is 1. The highest BCUT2D eigenvalue weighted by Gasteiger charge is 2.09. The molecule has 0 aliphatic carbocycles. The van der Waals surface area contributed by atoms with Gasteiger partial charge in [-0.2, -0.15) is 0 Å². The van der Waals surface area contributed by atoms with Gasteiger partial charge >= 0.3 is 0 Å². The fraction of sp³-hybridized carbons (Fsp3) is 0.143. The maximum Gasteiger partial charge on any atom is 0.163 e. The Labute approximate surface area is 111 Å². The topological polar surface area (TPSA) is 41.6 Å². The monoisotopic (exact) mass is 259 g/mol. The molecule has 1 N–H and O–H groups in total. The molecular weight excluding hydrogens is 246 g/mol. The molecule has 0 amide bonds. The van der Waals surface area contributed by atoms with Crippen molar-refractivity contribution in [3.63, 3.8) is 0 Å². The molecule has 0 bridgehead atoms. The van der Waals surface area contributed by atoms with Gasteiger partial charge in [-0.25, -0.2) is 9.97 Å². The lowest BCUT2D eigenvalue weighted by Crippen LogP contribution is -1.94. The van der Waals surface area contributed by atoms with Crippen LogP contribution in [0, 0.1) is 6.92 Å². The molecule has 18 heavy (non-hydrogen) atoms. The molecule has 3 nitrogen and oxygen atoms in total. The fourth-order valence-corrected chi connectivity index (χ4v) is 1.89. The van der Waals surface area contributed by atoms with Gasteiger partial charge in [0.15, 0.2) is 5.82 Å². The van der Waals surface area contributed by atoms with Crippen LogP contribution in [0.1, 0.15) is 18.4 Å². The van der Waals surface area contributed by atoms with Gasteiger partial charge in [-0.05, 0) is 19.9 Å². The number of hydrogen-bond acceptors (Lipinski definition) is 2. The third kappa shape index (κ3) is 2.36. The van der Waals surface area contributed by atoms with Gasteiger partial charge in [-0.3, -0.25) is 0 Å². The van der Waals surface area contributed by atoms with E-state index in [1.807, 2.05) is 38.1 Å². The highest BCUT2D eigenvalue weighted by Crippen LogP contribution is 2.23. The maximum atomic E-state index is 6.16. The van der Waals surface area contributed by atoms with Crippen LogP contribution in [0.4, 0.5) is 0 Å². The molecule has 0 atom stereocenters. The van der Waals surface area contributed by atoms with E-state index in [-0.39, 0.29) is 0 Å². The first kappa shape index (κ1) is 12.6. The van der Waals surface area contributed by atoms with Crippen LogP contribution in [-0.4, -0.2) is 15.0 Å². The highest BCUT2D eigenvalue weighted by atomic mass is 35.5. The molecule has 4 heteroatoms. The number of allylic oxidation sites excluding steroid dienone is 5. The number of nitrogens with zero attached hydrogens (tertiary/aromatic N) is 2. The molecule has 0 unspecified atom stereocenters. The average Bonchev–Trinajstić information content (AvgIpc) is 2.71. The summed E-state index contributed by atoms with van der Waals surface area (Å²) in [6.07, 6.45) is 7.47. The number of nitrogens with one attached hydrogen (secondary N) is 1. The smallest absolute Gasteiger partial charge is 0.163 e. The van der Waals surface area contributed by atoms with E-state index < -0.39 is 0 Å².